The van der Waals surface area contributed by atoms with Crippen molar-refractivity contribution in [2.24, 2.45) is 5.41 Å². The molecule has 1 rings (SSSR count). The molecule has 0 saturated heterocycles. The van der Waals surface area contributed by atoms with E-state index in [-0.39, 0.29) is 18.2 Å². The van der Waals surface area contributed by atoms with Gasteiger partial charge in [0.2, 0.25) is 5.01 Å². The molecule has 1 unspecified atom stereocenters. The zero-order valence-electron chi connectivity index (χ0n) is 11.5. The van der Waals surface area contributed by atoms with Crippen molar-refractivity contribution in [3.05, 3.63) is 30.1 Å². The van der Waals surface area contributed by atoms with Crippen LogP contribution in [0.3, 0.4) is 0 Å². The molecule has 0 aliphatic carbocycles. The first-order chi connectivity index (χ1) is 9.22. The van der Waals surface area contributed by atoms with Crippen molar-refractivity contribution in [2.75, 3.05) is 6.61 Å². The molecular formula is C14H16BrFO4. The van der Waals surface area contributed by atoms with Gasteiger partial charge in [0.15, 0.2) is 5.78 Å². The Morgan fingerprint density at radius 3 is 2.35 bits per heavy atom. The summed E-state index contributed by atoms with van der Waals surface area (Å²) in [5.41, 5.74) is -0.889. The van der Waals surface area contributed by atoms with Gasteiger partial charge in [-0.25, -0.2) is 4.39 Å². The molecule has 0 saturated carbocycles. The standard InChI is InChI=1S/C14H16BrFO4/c1-9(17)19-8-14(2,3)12(18)13(15)20-11-6-4-10(16)5-7-11/h4-7,13H,8H2,1-3H3. The first-order valence-corrected chi connectivity index (χ1v) is 6.88. The van der Waals surface area contributed by atoms with E-state index < -0.39 is 16.4 Å². The Bertz CT molecular complexity index is 484. The zero-order chi connectivity index (χ0) is 15.3. The van der Waals surface area contributed by atoms with Crippen LogP contribution in [0.15, 0.2) is 24.3 Å². The molecule has 6 heteroatoms. The van der Waals surface area contributed by atoms with E-state index in [0.29, 0.717) is 5.75 Å². The van der Waals surface area contributed by atoms with Crippen LogP contribution in [0, 0.1) is 11.2 Å². The minimum Gasteiger partial charge on any atom is -0.471 e. The molecule has 0 fully saturated rings. The monoisotopic (exact) mass is 346 g/mol. The SMILES string of the molecule is CC(=O)OCC(C)(C)C(=O)C(Br)Oc1ccc(F)cc1. The van der Waals surface area contributed by atoms with E-state index >= 15 is 0 Å². The topological polar surface area (TPSA) is 52.6 Å². The highest BCUT2D eigenvalue weighted by atomic mass is 79.9. The zero-order valence-corrected chi connectivity index (χ0v) is 13.1. The summed E-state index contributed by atoms with van der Waals surface area (Å²) in [4.78, 5) is 23.0. The van der Waals surface area contributed by atoms with Gasteiger partial charge in [-0.3, -0.25) is 9.59 Å². The van der Waals surface area contributed by atoms with Gasteiger partial charge in [-0.05, 0) is 54.0 Å². The number of hydrogen-bond acceptors (Lipinski definition) is 4. The highest BCUT2D eigenvalue weighted by Crippen LogP contribution is 2.25. The fraction of sp³-hybridized carbons (Fsp3) is 0.429. The minimum atomic E-state index is -0.904. The van der Waals surface area contributed by atoms with Crippen LogP contribution in [0.25, 0.3) is 0 Å². The molecule has 20 heavy (non-hydrogen) atoms. The van der Waals surface area contributed by atoms with E-state index in [0.717, 1.165) is 0 Å². The second kappa shape index (κ2) is 6.83. The van der Waals surface area contributed by atoms with Crippen LogP contribution in [0.1, 0.15) is 20.8 Å². The second-order valence-corrected chi connectivity index (χ2v) is 5.75. The lowest BCUT2D eigenvalue weighted by Crippen LogP contribution is -2.38. The van der Waals surface area contributed by atoms with Gasteiger partial charge in [0.05, 0.1) is 5.41 Å². The van der Waals surface area contributed by atoms with E-state index in [1.807, 2.05) is 0 Å². The summed E-state index contributed by atoms with van der Waals surface area (Å²) in [6.45, 7) is 4.55. The van der Waals surface area contributed by atoms with Gasteiger partial charge >= 0.3 is 5.97 Å². The number of carbonyl (C=O) groups excluding carboxylic acids is 2. The van der Waals surface area contributed by atoms with Gasteiger partial charge in [0.1, 0.15) is 18.2 Å². The van der Waals surface area contributed by atoms with E-state index in [9.17, 15) is 14.0 Å². The number of ketones is 1. The molecule has 0 aliphatic heterocycles. The third-order valence-electron chi connectivity index (χ3n) is 2.56. The maximum atomic E-state index is 12.8. The number of esters is 1. The predicted octanol–water partition coefficient (Wildman–Crippen LogP) is 3.08. The molecule has 0 N–H and O–H groups in total. The van der Waals surface area contributed by atoms with E-state index in [2.05, 4.69) is 15.9 Å². The lowest BCUT2D eigenvalue weighted by atomic mass is 9.89. The second-order valence-electron chi connectivity index (χ2n) is 4.92. The Hall–Kier alpha value is -1.43. The molecule has 0 aromatic heterocycles. The normalized spacial score (nSPS) is 12.7. The van der Waals surface area contributed by atoms with Crippen molar-refractivity contribution >= 4 is 27.7 Å². The summed E-state index contributed by atoms with van der Waals surface area (Å²) in [7, 11) is 0. The van der Waals surface area contributed by atoms with Gasteiger partial charge in [-0.1, -0.05) is 0 Å². The number of hydrogen-bond donors (Lipinski definition) is 0. The number of ether oxygens (including phenoxy) is 2. The molecule has 110 valence electrons. The predicted molar refractivity (Wildman–Crippen MR) is 75.2 cm³/mol. The van der Waals surface area contributed by atoms with Crippen molar-refractivity contribution in [2.45, 2.75) is 25.8 Å². The number of halogens is 2. The molecular weight excluding hydrogens is 331 g/mol. The van der Waals surface area contributed by atoms with Crippen LogP contribution in [0.4, 0.5) is 4.39 Å². The average Bonchev–Trinajstić information content (AvgIpc) is 2.38. The number of Topliss-reactive ketones (excluding diaryl/α,β-unsaturated/α-hetero) is 1. The summed E-state index contributed by atoms with van der Waals surface area (Å²) < 4.78 is 23.0. The molecule has 0 spiro atoms. The maximum absolute atomic E-state index is 12.8. The van der Waals surface area contributed by atoms with Crippen LogP contribution in [0.5, 0.6) is 5.75 Å². The highest BCUT2D eigenvalue weighted by Gasteiger charge is 2.35. The van der Waals surface area contributed by atoms with Crippen LogP contribution in [-0.4, -0.2) is 23.4 Å². The smallest absolute Gasteiger partial charge is 0.302 e. The van der Waals surface area contributed by atoms with Gasteiger partial charge in [0.25, 0.3) is 0 Å². The molecule has 0 bridgehead atoms. The minimum absolute atomic E-state index is 0.0317. The Labute approximate surface area is 125 Å². The average molecular weight is 347 g/mol. The Kier molecular flexibility index (Phi) is 5.68. The van der Waals surface area contributed by atoms with Gasteiger partial charge < -0.3 is 9.47 Å². The number of carbonyl (C=O) groups is 2. The van der Waals surface area contributed by atoms with E-state index in [1.165, 1.54) is 31.2 Å². The van der Waals surface area contributed by atoms with Crippen molar-refractivity contribution in [3.63, 3.8) is 0 Å². The number of rotatable bonds is 6. The highest BCUT2D eigenvalue weighted by molar-refractivity contribution is 9.09. The largest absolute Gasteiger partial charge is 0.471 e. The molecule has 0 heterocycles. The third-order valence-corrected chi connectivity index (χ3v) is 3.17. The lowest BCUT2D eigenvalue weighted by molar-refractivity contribution is -0.147. The van der Waals surface area contributed by atoms with Crippen molar-refractivity contribution in [3.8, 4) is 5.75 Å². The molecule has 1 aromatic carbocycles. The molecule has 0 radical (unpaired) electrons. The molecule has 1 atom stereocenters. The molecule has 0 amide bonds. The summed E-state index contributed by atoms with van der Waals surface area (Å²) in [6.07, 6.45) is 0. The number of benzene rings is 1. The summed E-state index contributed by atoms with van der Waals surface area (Å²) in [6, 6.07) is 5.33. The summed E-state index contributed by atoms with van der Waals surface area (Å²) in [5.74, 6) is -0.741. The van der Waals surface area contributed by atoms with Crippen LogP contribution in [0.2, 0.25) is 0 Å². The van der Waals surface area contributed by atoms with Gasteiger partial charge in [-0.2, -0.15) is 0 Å². The first-order valence-electron chi connectivity index (χ1n) is 5.96. The molecule has 4 nitrogen and oxygen atoms in total. The van der Waals surface area contributed by atoms with Crippen molar-refractivity contribution in [1.82, 2.24) is 0 Å². The Morgan fingerprint density at radius 1 is 1.30 bits per heavy atom. The van der Waals surface area contributed by atoms with Crippen LogP contribution in [-0.2, 0) is 14.3 Å². The Morgan fingerprint density at radius 2 is 1.85 bits per heavy atom. The maximum Gasteiger partial charge on any atom is 0.302 e. The summed E-state index contributed by atoms with van der Waals surface area (Å²) >= 11 is 3.14. The number of alkyl halides is 1. The fourth-order valence-electron chi connectivity index (χ4n) is 1.35. The van der Waals surface area contributed by atoms with Crippen molar-refractivity contribution < 1.29 is 23.5 Å². The first kappa shape index (κ1) is 16.6. The van der Waals surface area contributed by atoms with E-state index in [1.54, 1.807) is 13.8 Å². The third kappa shape index (κ3) is 4.92. The molecule has 1 aromatic rings. The fourth-order valence-corrected chi connectivity index (χ4v) is 2.18. The van der Waals surface area contributed by atoms with Gasteiger partial charge in [0, 0.05) is 6.92 Å². The summed E-state index contributed by atoms with van der Waals surface area (Å²) in [5, 5.41) is -0.904. The van der Waals surface area contributed by atoms with Crippen LogP contribution >= 0.6 is 15.9 Å². The Balaban J connectivity index is 2.65. The van der Waals surface area contributed by atoms with Crippen LogP contribution < -0.4 is 4.74 Å². The van der Waals surface area contributed by atoms with E-state index in [4.69, 9.17) is 9.47 Å². The molecule has 0 aliphatic rings. The quantitative estimate of drug-likeness (QED) is 0.586. The lowest BCUT2D eigenvalue weighted by Gasteiger charge is -2.25. The van der Waals surface area contributed by atoms with Crippen molar-refractivity contribution in [1.29, 1.82) is 0 Å². The van der Waals surface area contributed by atoms with Gasteiger partial charge in [-0.15, -0.1) is 0 Å².